The molecule has 24 heavy (non-hydrogen) atoms. The molecular weight excluding hydrogens is 304 g/mol. The molecule has 1 amide bonds. The van der Waals surface area contributed by atoms with Gasteiger partial charge in [0.1, 0.15) is 5.82 Å². The number of nitrogens with one attached hydrogen (secondary N) is 2. The molecule has 122 valence electrons. The van der Waals surface area contributed by atoms with E-state index >= 15 is 0 Å². The van der Waals surface area contributed by atoms with Crippen LogP contribution in [0.3, 0.4) is 0 Å². The van der Waals surface area contributed by atoms with Crippen LogP contribution in [0.4, 0.5) is 0 Å². The first-order chi connectivity index (χ1) is 11.8. The summed E-state index contributed by atoms with van der Waals surface area (Å²) in [7, 11) is 0. The molecule has 1 aliphatic rings. The van der Waals surface area contributed by atoms with Crippen molar-refractivity contribution in [2.24, 2.45) is 5.92 Å². The molecule has 0 saturated heterocycles. The smallest absolute Gasteiger partial charge is 0.223 e. The summed E-state index contributed by atoms with van der Waals surface area (Å²) in [5.74, 6) is 2.48. The third-order valence-corrected chi connectivity index (χ3v) is 4.29. The molecule has 0 bridgehead atoms. The van der Waals surface area contributed by atoms with Gasteiger partial charge in [0, 0.05) is 18.9 Å². The Bertz CT molecular complexity index is 811. The Morgan fingerprint density at radius 2 is 2.12 bits per heavy atom. The van der Waals surface area contributed by atoms with Crippen LogP contribution >= 0.6 is 0 Å². The van der Waals surface area contributed by atoms with Crippen molar-refractivity contribution in [2.45, 2.75) is 18.8 Å². The molecule has 1 saturated carbocycles. The van der Waals surface area contributed by atoms with Crippen molar-refractivity contribution < 1.29 is 9.21 Å². The molecule has 4 rings (SSSR count). The third kappa shape index (κ3) is 3.08. The normalized spacial score (nSPS) is 19.2. The number of aromatic nitrogens is 3. The summed E-state index contributed by atoms with van der Waals surface area (Å²) >= 11 is 0. The summed E-state index contributed by atoms with van der Waals surface area (Å²) in [6.07, 6.45) is 3.13. The monoisotopic (exact) mass is 322 g/mol. The van der Waals surface area contributed by atoms with Crippen molar-refractivity contribution in [3.63, 3.8) is 0 Å². The highest BCUT2D eigenvalue weighted by Gasteiger charge is 2.43. The van der Waals surface area contributed by atoms with E-state index in [1.54, 1.807) is 12.3 Å². The first kappa shape index (κ1) is 14.7. The van der Waals surface area contributed by atoms with Crippen molar-refractivity contribution >= 4 is 5.91 Å². The number of benzene rings is 1. The molecule has 2 atom stereocenters. The van der Waals surface area contributed by atoms with Gasteiger partial charge in [-0.1, -0.05) is 30.3 Å². The maximum Gasteiger partial charge on any atom is 0.223 e. The second-order valence-corrected chi connectivity index (χ2v) is 5.98. The van der Waals surface area contributed by atoms with E-state index in [0.29, 0.717) is 30.5 Å². The van der Waals surface area contributed by atoms with Gasteiger partial charge >= 0.3 is 0 Å². The minimum atomic E-state index is 0.0980. The van der Waals surface area contributed by atoms with E-state index in [1.807, 2.05) is 24.3 Å². The molecule has 6 heteroatoms. The van der Waals surface area contributed by atoms with E-state index in [4.69, 9.17) is 4.42 Å². The molecule has 2 heterocycles. The van der Waals surface area contributed by atoms with Crippen molar-refractivity contribution in [2.75, 3.05) is 6.54 Å². The lowest BCUT2D eigenvalue weighted by Gasteiger charge is -2.03. The van der Waals surface area contributed by atoms with Crippen LogP contribution in [0.2, 0.25) is 0 Å². The zero-order valence-electron chi connectivity index (χ0n) is 13.1. The van der Waals surface area contributed by atoms with E-state index in [9.17, 15) is 4.79 Å². The Labute approximate surface area is 139 Å². The van der Waals surface area contributed by atoms with Crippen molar-refractivity contribution in [1.82, 2.24) is 20.5 Å². The molecule has 2 N–H and O–H groups in total. The zero-order chi connectivity index (χ0) is 16.4. The van der Waals surface area contributed by atoms with Crippen molar-refractivity contribution in [3.8, 4) is 11.6 Å². The van der Waals surface area contributed by atoms with E-state index in [2.05, 4.69) is 32.6 Å². The zero-order valence-corrected chi connectivity index (χ0v) is 13.1. The summed E-state index contributed by atoms with van der Waals surface area (Å²) < 4.78 is 5.25. The molecule has 0 aliphatic heterocycles. The van der Waals surface area contributed by atoms with Gasteiger partial charge in [-0.25, -0.2) is 4.98 Å². The van der Waals surface area contributed by atoms with Gasteiger partial charge in [-0.2, -0.15) is 5.10 Å². The van der Waals surface area contributed by atoms with E-state index < -0.39 is 0 Å². The lowest BCUT2D eigenvalue weighted by Crippen LogP contribution is -2.27. The maximum atomic E-state index is 12.2. The molecule has 6 nitrogen and oxygen atoms in total. The Balaban J connectivity index is 1.25. The van der Waals surface area contributed by atoms with Gasteiger partial charge in [-0.05, 0) is 30.0 Å². The fourth-order valence-corrected chi connectivity index (χ4v) is 2.91. The number of H-pyrrole nitrogens is 1. The summed E-state index contributed by atoms with van der Waals surface area (Å²) in [5.41, 5.74) is 1.25. The lowest BCUT2D eigenvalue weighted by atomic mass is 10.1. The Hall–Kier alpha value is -2.89. The van der Waals surface area contributed by atoms with Gasteiger partial charge < -0.3 is 9.73 Å². The summed E-state index contributed by atoms with van der Waals surface area (Å²) in [4.78, 5) is 16.6. The van der Waals surface area contributed by atoms with Crippen molar-refractivity contribution in [1.29, 1.82) is 0 Å². The number of hydrogen-bond donors (Lipinski definition) is 2. The largest absolute Gasteiger partial charge is 0.461 e. The Morgan fingerprint density at radius 1 is 1.25 bits per heavy atom. The summed E-state index contributed by atoms with van der Waals surface area (Å²) in [6, 6.07) is 13.8. The molecule has 0 spiro atoms. The number of carbonyl (C=O) groups excluding carboxylic acids is 1. The fraction of sp³-hybridized carbons (Fsp3) is 0.278. The third-order valence-electron chi connectivity index (χ3n) is 4.29. The van der Waals surface area contributed by atoms with Crippen LogP contribution in [0.1, 0.15) is 23.7 Å². The number of rotatable bonds is 6. The first-order valence-electron chi connectivity index (χ1n) is 8.09. The Kier molecular flexibility index (Phi) is 3.86. The first-order valence-corrected chi connectivity index (χ1v) is 8.09. The highest BCUT2D eigenvalue weighted by Crippen LogP contribution is 2.47. The van der Waals surface area contributed by atoms with Crippen LogP contribution in [0.25, 0.3) is 11.6 Å². The maximum absolute atomic E-state index is 12.2. The molecule has 1 aromatic carbocycles. The molecule has 1 fully saturated rings. The molecule has 1 aliphatic carbocycles. The van der Waals surface area contributed by atoms with Gasteiger partial charge in [0.2, 0.25) is 11.7 Å². The predicted octanol–water partition coefficient (Wildman–Crippen LogP) is 2.53. The number of carbonyl (C=O) groups is 1. The minimum Gasteiger partial charge on any atom is -0.461 e. The second kappa shape index (κ2) is 6.31. The van der Waals surface area contributed by atoms with Gasteiger partial charge in [0.25, 0.3) is 0 Å². The SMILES string of the molecule is O=C(NCCc1nc(-c2ccco2)n[nH]1)[C@H]1C[C@@H]1c1ccccc1. The molecule has 2 aromatic heterocycles. The summed E-state index contributed by atoms with van der Waals surface area (Å²) in [6.45, 7) is 0.545. The van der Waals surface area contributed by atoms with Gasteiger partial charge in [0.15, 0.2) is 5.76 Å². The van der Waals surface area contributed by atoms with E-state index in [1.165, 1.54) is 5.56 Å². The van der Waals surface area contributed by atoms with Crippen LogP contribution in [0.15, 0.2) is 53.1 Å². The number of amides is 1. The average molecular weight is 322 g/mol. The van der Waals surface area contributed by atoms with E-state index in [0.717, 1.165) is 12.2 Å². The molecule has 3 aromatic rings. The van der Waals surface area contributed by atoms with Crippen LogP contribution in [-0.4, -0.2) is 27.6 Å². The number of hydrogen-bond acceptors (Lipinski definition) is 4. The van der Waals surface area contributed by atoms with E-state index in [-0.39, 0.29) is 11.8 Å². The molecule has 0 unspecified atom stereocenters. The Morgan fingerprint density at radius 3 is 2.92 bits per heavy atom. The highest BCUT2D eigenvalue weighted by atomic mass is 16.3. The topological polar surface area (TPSA) is 83.8 Å². The lowest BCUT2D eigenvalue weighted by molar-refractivity contribution is -0.122. The average Bonchev–Trinajstić information content (AvgIpc) is 3.00. The fourth-order valence-electron chi connectivity index (χ4n) is 2.91. The quantitative estimate of drug-likeness (QED) is 0.730. The predicted molar refractivity (Wildman–Crippen MR) is 88.1 cm³/mol. The van der Waals surface area contributed by atoms with Gasteiger partial charge in [0.05, 0.1) is 6.26 Å². The summed E-state index contributed by atoms with van der Waals surface area (Å²) in [5, 5.41) is 9.97. The molecule has 0 radical (unpaired) electrons. The van der Waals surface area contributed by atoms with Crippen molar-refractivity contribution in [3.05, 3.63) is 60.1 Å². The van der Waals surface area contributed by atoms with Gasteiger partial charge in [-0.3, -0.25) is 9.89 Å². The highest BCUT2D eigenvalue weighted by molar-refractivity contribution is 5.82. The van der Waals surface area contributed by atoms with Crippen LogP contribution < -0.4 is 5.32 Å². The van der Waals surface area contributed by atoms with Crippen LogP contribution in [0.5, 0.6) is 0 Å². The standard InChI is InChI=1S/C18H18N4O2/c23-18(14-11-13(14)12-5-2-1-3-6-12)19-9-8-16-20-17(22-21-16)15-7-4-10-24-15/h1-7,10,13-14H,8-9,11H2,(H,19,23)(H,20,21,22)/t13-,14+/m1/s1. The second-order valence-electron chi connectivity index (χ2n) is 5.98. The van der Waals surface area contributed by atoms with Crippen LogP contribution in [-0.2, 0) is 11.2 Å². The van der Waals surface area contributed by atoms with Crippen LogP contribution in [0, 0.1) is 5.92 Å². The minimum absolute atomic E-state index is 0.0980. The number of aromatic amines is 1. The molecular formula is C18H18N4O2. The number of furan rings is 1. The number of nitrogens with zero attached hydrogens (tertiary/aromatic N) is 2. The van der Waals surface area contributed by atoms with Gasteiger partial charge in [-0.15, -0.1) is 0 Å².